The van der Waals surface area contributed by atoms with Gasteiger partial charge in [0.25, 0.3) is 0 Å². The molecule has 2 nitrogen and oxygen atoms in total. The molecule has 0 saturated carbocycles. The molecule has 0 aliphatic carbocycles. The number of H-pyrrole nitrogens is 2. The summed E-state index contributed by atoms with van der Waals surface area (Å²) >= 11 is 4.84. The van der Waals surface area contributed by atoms with Crippen molar-refractivity contribution in [2.75, 3.05) is 0 Å². The standard InChI is InChI=1S/C9H7FN2S/c10-7-4-2-1-3-6(7)8-5-11-9(13)12-8/h1-5H,(H2,11,12,13). The fraction of sp³-hybridized carbons (Fsp3) is 0. The summed E-state index contributed by atoms with van der Waals surface area (Å²) in [6.45, 7) is 0. The van der Waals surface area contributed by atoms with Gasteiger partial charge in [-0.15, -0.1) is 0 Å². The van der Waals surface area contributed by atoms with Gasteiger partial charge < -0.3 is 9.97 Å². The first kappa shape index (κ1) is 8.19. The van der Waals surface area contributed by atoms with E-state index in [4.69, 9.17) is 12.2 Å². The molecule has 0 bridgehead atoms. The monoisotopic (exact) mass is 194 g/mol. The molecule has 0 amide bonds. The summed E-state index contributed by atoms with van der Waals surface area (Å²) < 4.78 is 13.7. The van der Waals surface area contributed by atoms with Crippen LogP contribution in [-0.2, 0) is 0 Å². The van der Waals surface area contributed by atoms with Gasteiger partial charge in [-0.25, -0.2) is 4.39 Å². The molecule has 0 spiro atoms. The molecule has 4 heteroatoms. The summed E-state index contributed by atoms with van der Waals surface area (Å²) in [6, 6.07) is 6.55. The van der Waals surface area contributed by atoms with Crippen LogP contribution in [0.1, 0.15) is 0 Å². The third-order valence-corrected chi connectivity index (χ3v) is 1.98. The molecule has 0 aliphatic heterocycles. The second kappa shape index (κ2) is 3.14. The largest absolute Gasteiger partial charge is 0.337 e. The average Bonchev–Trinajstić information content (AvgIpc) is 2.53. The highest BCUT2D eigenvalue weighted by atomic mass is 32.1. The SMILES string of the molecule is Fc1ccccc1-c1c[nH]c(=S)[nH]1. The van der Waals surface area contributed by atoms with Gasteiger partial charge in [0.05, 0.1) is 5.69 Å². The van der Waals surface area contributed by atoms with Gasteiger partial charge in [-0.1, -0.05) is 12.1 Å². The van der Waals surface area contributed by atoms with Crippen molar-refractivity contribution in [2.24, 2.45) is 0 Å². The number of hydrogen-bond donors (Lipinski definition) is 2. The Balaban J connectivity index is 2.58. The molecule has 2 aromatic rings. The lowest BCUT2D eigenvalue weighted by Gasteiger charge is -1.97. The van der Waals surface area contributed by atoms with Gasteiger partial charge in [-0.05, 0) is 24.4 Å². The van der Waals surface area contributed by atoms with Crippen molar-refractivity contribution in [1.82, 2.24) is 9.97 Å². The van der Waals surface area contributed by atoms with Gasteiger partial charge in [-0.3, -0.25) is 0 Å². The zero-order valence-corrected chi connectivity index (χ0v) is 7.49. The highest BCUT2D eigenvalue weighted by molar-refractivity contribution is 7.71. The van der Waals surface area contributed by atoms with Gasteiger partial charge in [0.2, 0.25) is 0 Å². The summed E-state index contributed by atoms with van der Waals surface area (Å²) in [5, 5.41) is 0. The maximum absolute atomic E-state index is 13.2. The van der Waals surface area contributed by atoms with E-state index in [2.05, 4.69) is 9.97 Å². The van der Waals surface area contributed by atoms with E-state index in [1.807, 2.05) is 0 Å². The minimum absolute atomic E-state index is 0.257. The lowest BCUT2D eigenvalue weighted by molar-refractivity contribution is 0.631. The number of benzene rings is 1. The highest BCUT2D eigenvalue weighted by Gasteiger charge is 2.03. The summed E-state index contributed by atoms with van der Waals surface area (Å²) in [5.74, 6) is -0.257. The Morgan fingerprint density at radius 3 is 2.62 bits per heavy atom. The minimum atomic E-state index is -0.257. The van der Waals surface area contributed by atoms with Crippen LogP contribution in [0.5, 0.6) is 0 Å². The van der Waals surface area contributed by atoms with Gasteiger partial charge in [0.1, 0.15) is 5.82 Å². The Hall–Kier alpha value is -1.42. The molecule has 0 saturated heterocycles. The Morgan fingerprint density at radius 1 is 1.23 bits per heavy atom. The lowest BCUT2D eigenvalue weighted by atomic mass is 10.1. The van der Waals surface area contributed by atoms with Crippen LogP contribution >= 0.6 is 12.2 Å². The molecule has 13 heavy (non-hydrogen) atoms. The smallest absolute Gasteiger partial charge is 0.174 e. The topological polar surface area (TPSA) is 31.6 Å². The van der Waals surface area contributed by atoms with Gasteiger partial charge in [0.15, 0.2) is 4.77 Å². The van der Waals surface area contributed by atoms with Crippen LogP contribution in [0.25, 0.3) is 11.3 Å². The Kier molecular flexibility index (Phi) is 1.98. The van der Waals surface area contributed by atoms with Crippen molar-refractivity contribution in [1.29, 1.82) is 0 Å². The minimum Gasteiger partial charge on any atom is -0.337 e. The average molecular weight is 194 g/mol. The normalized spacial score (nSPS) is 10.2. The van der Waals surface area contributed by atoms with Crippen molar-refractivity contribution < 1.29 is 4.39 Å². The molecule has 0 fully saturated rings. The van der Waals surface area contributed by atoms with Gasteiger partial charge >= 0.3 is 0 Å². The maximum atomic E-state index is 13.2. The molecule has 2 N–H and O–H groups in total. The van der Waals surface area contributed by atoms with E-state index < -0.39 is 0 Å². The fourth-order valence-corrected chi connectivity index (χ4v) is 1.33. The number of aromatic amines is 2. The lowest BCUT2D eigenvalue weighted by Crippen LogP contribution is -1.82. The summed E-state index contributed by atoms with van der Waals surface area (Å²) in [5.41, 5.74) is 1.19. The first-order chi connectivity index (χ1) is 6.27. The van der Waals surface area contributed by atoms with Gasteiger partial charge in [-0.2, -0.15) is 0 Å². The first-order valence-electron chi connectivity index (χ1n) is 3.80. The zero-order valence-electron chi connectivity index (χ0n) is 6.67. The van der Waals surface area contributed by atoms with Crippen LogP contribution in [0.15, 0.2) is 30.5 Å². The summed E-state index contributed by atoms with van der Waals surface area (Å²) in [6.07, 6.45) is 1.65. The maximum Gasteiger partial charge on any atom is 0.174 e. The van der Waals surface area contributed by atoms with Crippen molar-refractivity contribution in [3.63, 3.8) is 0 Å². The Morgan fingerprint density at radius 2 is 2.00 bits per heavy atom. The Bertz CT molecular complexity index is 472. The molecule has 0 aliphatic rings. The van der Waals surface area contributed by atoms with E-state index in [0.717, 1.165) is 0 Å². The number of nitrogens with one attached hydrogen (secondary N) is 2. The molecule has 0 radical (unpaired) electrons. The van der Waals surface area contributed by atoms with E-state index >= 15 is 0 Å². The fourth-order valence-electron chi connectivity index (χ4n) is 1.16. The highest BCUT2D eigenvalue weighted by Crippen LogP contribution is 2.19. The predicted octanol–water partition coefficient (Wildman–Crippen LogP) is 2.88. The van der Waals surface area contributed by atoms with Crippen molar-refractivity contribution in [3.8, 4) is 11.3 Å². The summed E-state index contributed by atoms with van der Waals surface area (Å²) in [4.78, 5) is 5.64. The van der Waals surface area contributed by atoms with Crippen molar-refractivity contribution >= 4 is 12.2 Å². The number of halogens is 1. The molecule has 66 valence electrons. The molecule has 1 heterocycles. The van der Waals surface area contributed by atoms with Crippen molar-refractivity contribution in [3.05, 3.63) is 41.1 Å². The number of imidazole rings is 1. The van der Waals surface area contributed by atoms with E-state index in [0.29, 0.717) is 16.0 Å². The van der Waals surface area contributed by atoms with Gasteiger partial charge in [0, 0.05) is 11.8 Å². The summed E-state index contributed by atoms with van der Waals surface area (Å²) in [7, 11) is 0. The van der Waals surface area contributed by atoms with E-state index in [9.17, 15) is 4.39 Å². The van der Waals surface area contributed by atoms with Crippen LogP contribution in [0.2, 0.25) is 0 Å². The van der Waals surface area contributed by atoms with Crippen LogP contribution in [0, 0.1) is 10.6 Å². The molecule has 0 unspecified atom stereocenters. The van der Waals surface area contributed by atoms with Crippen molar-refractivity contribution in [2.45, 2.75) is 0 Å². The Labute approximate surface area is 79.4 Å². The zero-order chi connectivity index (χ0) is 9.26. The molecule has 2 rings (SSSR count). The second-order valence-corrected chi connectivity index (χ2v) is 3.04. The van der Waals surface area contributed by atoms with Crippen LogP contribution in [0.3, 0.4) is 0 Å². The molecule has 0 atom stereocenters. The second-order valence-electron chi connectivity index (χ2n) is 2.64. The van der Waals surface area contributed by atoms with Crippen LogP contribution in [-0.4, -0.2) is 9.97 Å². The first-order valence-corrected chi connectivity index (χ1v) is 4.21. The molecular weight excluding hydrogens is 187 g/mol. The quantitative estimate of drug-likeness (QED) is 0.672. The molecule has 1 aromatic carbocycles. The molecule has 1 aromatic heterocycles. The predicted molar refractivity (Wildman–Crippen MR) is 51.4 cm³/mol. The number of aromatic nitrogens is 2. The van der Waals surface area contributed by atoms with Crippen LogP contribution < -0.4 is 0 Å². The third-order valence-electron chi connectivity index (χ3n) is 1.76. The van der Waals surface area contributed by atoms with Crippen LogP contribution in [0.4, 0.5) is 4.39 Å². The van der Waals surface area contributed by atoms with E-state index in [1.165, 1.54) is 6.07 Å². The third kappa shape index (κ3) is 1.53. The van der Waals surface area contributed by atoms with E-state index in [-0.39, 0.29) is 5.82 Å². The van der Waals surface area contributed by atoms with E-state index in [1.54, 1.807) is 24.4 Å². The molecular formula is C9H7FN2S. The number of hydrogen-bond acceptors (Lipinski definition) is 1. The number of rotatable bonds is 1.